The van der Waals surface area contributed by atoms with E-state index in [1.165, 1.54) is 0 Å². The van der Waals surface area contributed by atoms with Gasteiger partial charge in [0.15, 0.2) is 0 Å². The Balaban J connectivity index is 2.73. The lowest BCUT2D eigenvalue weighted by atomic mass is 10.1. The fourth-order valence-corrected chi connectivity index (χ4v) is 2.88. The molecular weight excluding hydrogens is 234 g/mol. The smallest absolute Gasteiger partial charge is 0.124 e. The van der Waals surface area contributed by atoms with Crippen LogP contribution in [0.5, 0.6) is 5.75 Å². The Labute approximate surface area is 106 Å². The molecule has 1 rings (SSSR count). The molecule has 17 heavy (non-hydrogen) atoms. The summed E-state index contributed by atoms with van der Waals surface area (Å²) in [6.07, 6.45) is 0.923. The summed E-state index contributed by atoms with van der Waals surface area (Å²) < 4.78 is 17.2. The molecule has 0 saturated carbocycles. The summed E-state index contributed by atoms with van der Waals surface area (Å²) in [5.41, 5.74) is 7.03. The molecule has 0 aliphatic heterocycles. The van der Waals surface area contributed by atoms with Gasteiger partial charge < -0.3 is 10.5 Å². The van der Waals surface area contributed by atoms with Crippen LogP contribution in [0.1, 0.15) is 31.9 Å². The van der Waals surface area contributed by atoms with Gasteiger partial charge in [-0.05, 0) is 19.4 Å². The number of benzene rings is 1. The van der Waals surface area contributed by atoms with Crippen molar-refractivity contribution >= 4 is 10.8 Å². The number of para-hydroxylation sites is 1. The van der Waals surface area contributed by atoms with Crippen LogP contribution in [0.2, 0.25) is 0 Å². The maximum Gasteiger partial charge on any atom is 0.124 e. The summed E-state index contributed by atoms with van der Waals surface area (Å²) in [4.78, 5) is 0. The molecule has 4 heteroatoms. The van der Waals surface area contributed by atoms with Crippen molar-refractivity contribution in [1.82, 2.24) is 0 Å². The molecule has 1 aromatic rings. The van der Waals surface area contributed by atoms with Crippen molar-refractivity contribution in [2.24, 2.45) is 5.73 Å². The average Bonchev–Trinajstić information content (AvgIpc) is 2.30. The molecule has 0 aromatic heterocycles. The minimum absolute atomic E-state index is 0.217. The summed E-state index contributed by atoms with van der Waals surface area (Å²) in [6, 6.07) is 7.48. The zero-order valence-corrected chi connectivity index (χ0v) is 11.3. The Kier molecular flexibility index (Phi) is 6.22. The number of rotatable bonds is 7. The first-order valence-corrected chi connectivity index (χ1v) is 7.50. The lowest BCUT2D eigenvalue weighted by Crippen LogP contribution is -2.20. The highest BCUT2D eigenvalue weighted by molar-refractivity contribution is 7.85. The van der Waals surface area contributed by atoms with Crippen LogP contribution in [0.25, 0.3) is 0 Å². The van der Waals surface area contributed by atoms with E-state index in [0.717, 1.165) is 17.7 Å². The van der Waals surface area contributed by atoms with Gasteiger partial charge in [-0.1, -0.05) is 25.1 Å². The quantitative estimate of drug-likeness (QED) is 0.813. The van der Waals surface area contributed by atoms with Crippen LogP contribution in [-0.4, -0.2) is 22.3 Å². The minimum atomic E-state index is -0.843. The number of hydrogen-bond donors (Lipinski definition) is 1. The highest BCUT2D eigenvalue weighted by Crippen LogP contribution is 2.24. The Morgan fingerprint density at radius 2 is 2.06 bits per heavy atom. The molecule has 3 nitrogen and oxygen atoms in total. The van der Waals surface area contributed by atoms with Gasteiger partial charge in [-0.2, -0.15) is 0 Å². The second-order valence-corrected chi connectivity index (χ2v) is 5.51. The number of nitrogens with two attached hydrogens (primary N) is 1. The molecule has 0 spiro atoms. The van der Waals surface area contributed by atoms with Crippen molar-refractivity contribution in [3.8, 4) is 5.75 Å². The SMILES string of the molecule is CCCS(=O)CC(N)c1ccccc1OCC. The van der Waals surface area contributed by atoms with Crippen molar-refractivity contribution in [3.63, 3.8) is 0 Å². The van der Waals surface area contributed by atoms with Crippen LogP contribution in [0.4, 0.5) is 0 Å². The largest absolute Gasteiger partial charge is 0.494 e. The first-order chi connectivity index (χ1) is 8.19. The van der Waals surface area contributed by atoms with Gasteiger partial charge in [0.05, 0.1) is 6.61 Å². The minimum Gasteiger partial charge on any atom is -0.494 e. The summed E-state index contributed by atoms with van der Waals surface area (Å²) >= 11 is 0. The van der Waals surface area contributed by atoms with Crippen molar-refractivity contribution in [2.75, 3.05) is 18.1 Å². The van der Waals surface area contributed by atoms with Crippen LogP contribution in [0, 0.1) is 0 Å². The van der Waals surface area contributed by atoms with Gasteiger partial charge in [-0.25, -0.2) is 0 Å². The Hall–Kier alpha value is -0.870. The first-order valence-electron chi connectivity index (χ1n) is 6.01. The predicted octanol–water partition coefficient (Wildman–Crippen LogP) is 2.24. The topological polar surface area (TPSA) is 52.3 Å². The molecule has 0 aliphatic carbocycles. The van der Waals surface area contributed by atoms with Gasteiger partial charge in [-0.3, -0.25) is 4.21 Å². The van der Waals surface area contributed by atoms with Crippen molar-refractivity contribution in [3.05, 3.63) is 29.8 Å². The third-order valence-corrected chi connectivity index (χ3v) is 4.01. The van der Waals surface area contributed by atoms with E-state index in [4.69, 9.17) is 10.5 Å². The monoisotopic (exact) mass is 255 g/mol. The molecule has 0 aliphatic rings. The van der Waals surface area contributed by atoms with E-state index in [1.54, 1.807) is 0 Å². The molecule has 2 unspecified atom stereocenters. The van der Waals surface area contributed by atoms with E-state index < -0.39 is 10.8 Å². The molecule has 2 atom stereocenters. The summed E-state index contributed by atoms with van der Waals surface area (Å²) in [7, 11) is -0.843. The second kappa shape index (κ2) is 7.45. The van der Waals surface area contributed by atoms with Gasteiger partial charge in [0.1, 0.15) is 5.75 Å². The van der Waals surface area contributed by atoms with Gasteiger partial charge in [0.2, 0.25) is 0 Å². The first kappa shape index (κ1) is 14.2. The van der Waals surface area contributed by atoms with Crippen molar-refractivity contribution in [2.45, 2.75) is 26.3 Å². The molecule has 0 bridgehead atoms. The molecule has 0 fully saturated rings. The molecule has 0 heterocycles. The van der Waals surface area contributed by atoms with Crippen LogP contribution in [-0.2, 0) is 10.8 Å². The number of ether oxygens (including phenoxy) is 1. The van der Waals surface area contributed by atoms with Crippen LogP contribution < -0.4 is 10.5 Å². The standard InChI is InChI=1S/C13H21NO2S/c1-3-9-17(15)10-12(14)11-7-5-6-8-13(11)16-4-2/h5-8,12H,3-4,9-10,14H2,1-2H3. The molecule has 0 radical (unpaired) electrons. The average molecular weight is 255 g/mol. The predicted molar refractivity (Wildman–Crippen MR) is 72.7 cm³/mol. The van der Waals surface area contributed by atoms with Gasteiger partial charge >= 0.3 is 0 Å². The normalized spacial score (nSPS) is 14.3. The summed E-state index contributed by atoms with van der Waals surface area (Å²) in [5, 5.41) is 0. The van der Waals surface area contributed by atoms with Gasteiger partial charge in [-0.15, -0.1) is 0 Å². The Bertz CT molecular complexity index is 368. The lowest BCUT2D eigenvalue weighted by Gasteiger charge is -2.16. The van der Waals surface area contributed by atoms with E-state index in [9.17, 15) is 4.21 Å². The molecular formula is C13H21NO2S. The zero-order chi connectivity index (χ0) is 12.7. The maximum absolute atomic E-state index is 11.7. The van der Waals surface area contributed by atoms with Crippen LogP contribution in [0.3, 0.4) is 0 Å². The molecule has 2 N–H and O–H groups in total. The van der Waals surface area contributed by atoms with Crippen molar-refractivity contribution < 1.29 is 8.95 Å². The highest BCUT2D eigenvalue weighted by Gasteiger charge is 2.14. The highest BCUT2D eigenvalue weighted by atomic mass is 32.2. The van der Waals surface area contributed by atoms with Crippen LogP contribution >= 0.6 is 0 Å². The van der Waals surface area contributed by atoms with Crippen molar-refractivity contribution in [1.29, 1.82) is 0 Å². The molecule has 0 saturated heterocycles. The fourth-order valence-electron chi connectivity index (χ4n) is 1.67. The molecule has 96 valence electrons. The molecule has 1 aromatic carbocycles. The summed E-state index contributed by atoms with van der Waals surface area (Å²) in [6.45, 7) is 4.58. The van der Waals surface area contributed by atoms with E-state index in [0.29, 0.717) is 18.1 Å². The fraction of sp³-hybridized carbons (Fsp3) is 0.538. The van der Waals surface area contributed by atoms with E-state index in [1.807, 2.05) is 38.1 Å². The number of hydrogen-bond acceptors (Lipinski definition) is 3. The maximum atomic E-state index is 11.7. The van der Waals surface area contributed by atoms with Crippen LogP contribution in [0.15, 0.2) is 24.3 Å². The Morgan fingerprint density at radius 1 is 1.35 bits per heavy atom. The summed E-state index contributed by atoms with van der Waals surface area (Å²) in [5.74, 6) is 2.01. The Morgan fingerprint density at radius 3 is 2.71 bits per heavy atom. The van der Waals surface area contributed by atoms with Gasteiger partial charge in [0, 0.05) is 33.9 Å². The second-order valence-electron chi connectivity index (χ2n) is 3.89. The molecule has 0 amide bonds. The van der Waals surface area contributed by atoms with E-state index >= 15 is 0 Å². The third-order valence-electron chi connectivity index (χ3n) is 2.42. The van der Waals surface area contributed by atoms with Gasteiger partial charge in [0.25, 0.3) is 0 Å². The van der Waals surface area contributed by atoms with E-state index in [2.05, 4.69) is 0 Å². The van der Waals surface area contributed by atoms with E-state index in [-0.39, 0.29) is 6.04 Å². The lowest BCUT2D eigenvalue weighted by molar-refractivity contribution is 0.335. The third kappa shape index (κ3) is 4.48. The zero-order valence-electron chi connectivity index (χ0n) is 10.5.